The number of para-hydroxylation sites is 1. The molecule has 4 heteroatoms. The third-order valence-corrected chi connectivity index (χ3v) is 4.70. The quantitative estimate of drug-likeness (QED) is 0.852. The predicted molar refractivity (Wildman–Crippen MR) is 89.6 cm³/mol. The molecule has 1 unspecified atom stereocenters. The van der Waals surface area contributed by atoms with Gasteiger partial charge in [-0.05, 0) is 37.9 Å². The van der Waals surface area contributed by atoms with Gasteiger partial charge in [-0.2, -0.15) is 0 Å². The minimum absolute atomic E-state index is 0.296. The smallest absolute Gasteiger partial charge is 0.0821 e. The predicted octanol–water partition coefficient (Wildman–Crippen LogP) is 2.31. The highest BCUT2D eigenvalue weighted by molar-refractivity contribution is 5.53. The van der Waals surface area contributed by atoms with Crippen molar-refractivity contribution in [2.75, 3.05) is 57.4 Å². The number of benzene rings is 1. The molecule has 122 valence electrons. The fraction of sp³-hybridized carbons (Fsp3) is 0.667. The van der Waals surface area contributed by atoms with E-state index in [4.69, 9.17) is 9.47 Å². The van der Waals surface area contributed by atoms with E-state index in [2.05, 4.69) is 41.0 Å². The van der Waals surface area contributed by atoms with E-state index in [0.29, 0.717) is 6.10 Å². The van der Waals surface area contributed by atoms with Crippen molar-refractivity contribution in [3.05, 3.63) is 29.8 Å². The van der Waals surface area contributed by atoms with Crippen molar-refractivity contribution in [2.24, 2.45) is 0 Å². The van der Waals surface area contributed by atoms with Crippen molar-refractivity contribution in [3.8, 4) is 0 Å². The molecule has 1 aromatic rings. The van der Waals surface area contributed by atoms with Gasteiger partial charge < -0.3 is 19.3 Å². The lowest BCUT2D eigenvalue weighted by Gasteiger charge is -2.27. The molecule has 0 bridgehead atoms. The van der Waals surface area contributed by atoms with Gasteiger partial charge in [-0.3, -0.25) is 0 Å². The van der Waals surface area contributed by atoms with Crippen molar-refractivity contribution < 1.29 is 9.47 Å². The Balaban J connectivity index is 1.48. The maximum Gasteiger partial charge on any atom is 0.0821 e. The van der Waals surface area contributed by atoms with Crippen molar-refractivity contribution >= 4 is 5.69 Å². The minimum atomic E-state index is 0.296. The van der Waals surface area contributed by atoms with Crippen LogP contribution in [0.5, 0.6) is 0 Å². The Kier molecular flexibility index (Phi) is 5.70. The monoisotopic (exact) mass is 304 g/mol. The number of aryl methyl sites for hydroxylation is 1. The molecular formula is C18H28N2O2. The summed E-state index contributed by atoms with van der Waals surface area (Å²) in [6.45, 7) is 10.2. The van der Waals surface area contributed by atoms with Gasteiger partial charge >= 0.3 is 0 Å². The summed E-state index contributed by atoms with van der Waals surface area (Å²) in [4.78, 5) is 5.12. The molecule has 0 amide bonds. The SMILES string of the molecule is Cc1ccccc1N1CCCN(CCC2COCCO2)CC1. The molecule has 3 rings (SSSR count). The lowest BCUT2D eigenvalue weighted by atomic mass is 10.2. The Morgan fingerprint density at radius 3 is 2.82 bits per heavy atom. The largest absolute Gasteiger partial charge is 0.376 e. The van der Waals surface area contributed by atoms with Crippen LogP contribution in [-0.4, -0.2) is 63.5 Å². The van der Waals surface area contributed by atoms with Gasteiger partial charge in [0.2, 0.25) is 0 Å². The average Bonchev–Trinajstić information content (AvgIpc) is 2.80. The summed E-state index contributed by atoms with van der Waals surface area (Å²) in [6.07, 6.45) is 2.62. The van der Waals surface area contributed by atoms with Crippen LogP contribution in [0.2, 0.25) is 0 Å². The Morgan fingerprint density at radius 1 is 1.09 bits per heavy atom. The van der Waals surface area contributed by atoms with Gasteiger partial charge in [-0.25, -0.2) is 0 Å². The van der Waals surface area contributed by atoms with Crippen LogP contribution in [-0.2, 0) is 9.47 Å². The highest BCUT2D eigenvalue weighted by Crippen LogP contribution is 2.21. The number of hydrogen-bond donors (Lipinski definition) is 0. The third-order valence-electron chi connectivity index (χ3n) is 4.70. The van der Waals surface area contributed by atoms with Gasteiger partial charge in [0.15, 0.2) is 0 Å². The first-order valence-electron chi connectivity index (χ1n) is 8.55. The van der Waals surface area contributed by atoms with Crippen molar-refractivity contribution in [3.63, 3.8) is 0 Å². The van der Waals surface area contributed by atoms with Gasteiger partial charge in [-0.1, -0.05) is 18.2 Å². The van der Waals surface area contributed by atoms with E-state index in [0.717, 1.165) is 52.4 Å². The molecule has 2 aliphatic heterocycles. The number of hydrogen-bond acceptors (Lipinski definition) is 4. The zero-order chi connectivity index (χ0) is 15.2. The second-order valence-corrected chi connectivity index (χ2v) is 6.33. The second-order valence-electron chi connectivity index (χ2n) is 6.33. The van der Waals surface area contributed by atoms with E-state index in [-0.39, 0.29) is 0 Å². The molecule has 4 nitrogen and oxygen atoms in total. The zero-order valence-electron chi connectivity index (χ0n) is 13.7. The first-order chi connectivity index (χ1) is 10.8. The maximum atomic E-state index is 5.74. The first-order valence-corrected chi connectivity index (χ1v) is 8.55. The lowest BCUT2D eigenvalue weighted by Crippen LogP contribution is -2.35. The average molecular weight is 304 g/mol. The summed E-state index contributed by atoms with van der Waals surface area (Å²) in [5.74, 6) is 0. The number of nitrogens with zero attached hydrogens (tertiary/aromatic N) is 2. The van der Waals surface area contributed by atoms with Crippen LogP contribution >= 0.6 is 0 Å². The molecular weight excluding hydrogens is 276 g/mol. The molecule has 1 aromatic carbocycles. The summed E-state index contributed by atoms with van der Waals surface area (Å²) >= 11 is 0. The van der Waals surface area contributed by atoms with Crippen LogP contribution in [0.25, 0.3) is 0 Å². The highest BCUT2D eigenvalue weighted by atomic mass is 16.6. The number of ether oxygens (including phenoxy) is 2. The van der Waals surface area contributed by atoms with E-state index in [9.17, 15) is 0 Å². The van der Waals surface area contributed by atoms with Gasteiger partial charge in [-0.15, -0.1) is 0 Å². The van der Waals surface area contributed by atoms with E-state index in [1.165, 1.54) is 24.2 Å². The molecule has 2 aliphatic rings. The normalized spacial score (nSPS) is 24.2. The fourth-order valence-corrected chi connectivity index (χ4v) is 3.38. The summed E-state index contributed by atoms with van der Waals surface area (Å²) < 4.78 is 11.2. The molecule has 2 fully saturated rings. The van der Waals surface area contributed by atoms with Crippen molar-refractivity contribution in [2.45, 2.75) is 25.9 Å². The number of rotatable bonds is 4. The van der Waals surface area contributed by atoms with Crippen LogP contribution in [0, 0.1) is 6.92 Å². The minimum Gasteiger partial charge on any atom is -0.376 e. The first kappa shape index (κ1) is 15.8. The van der Waals surface area contributed by atoms with Crippen molar-refractivity contribution in [1.29, 1.82) is 0 Å². The van der Waals surface area contributed by atoms with E-state index in [1.54, 1.807) is 0 Å². The molecule has 0 aliphatic carbocycles. The lowest BCUT2D eigenvalue weighted by molar-refractivity contribution is -0.0925. The van der Waals surface area contributed by atoms with E-state index >= 15 is 0 Å². The molecule has 0 N–H and O–H groups in total. The van der Waals surface area contributed by atoms with Crippen LogP contribution in [0.15, 0.2) is 24.3 Å². The van der Waals surface area contributed by atoms with E-state index < -0.39 is 0 Å². The van der Waals surface area contributed by atoms with Gasteiger partial charge in [0, 0.05) is 31.9 Å². The molecule has 0 aromatic heterocycles. The molecule has 22 heavy (non-hydrogen) atoms. The van der Waals surface area contributed by atoms with Gasteiger partial charge in [0.1, 0.15) is 0 Å². The molecule has 0 radical (unpaired) electrons. The highest BCUT2D eigenvalue weighted by Gasteiger charge is 2.19. The molecule has 2 heterocycles. The van der Waals surface area contributed by atoms with Gasteiger partial charge in [0.05, 0.1) is 25.9 Å². The summed E-state index contributed by atoms with van der Waals surface area (Å²) in [5, 5.41) is 0. The van der Waals surface area contributed by atoms with E-state index in [1.807, 2.05) is 0 Å². The topological polar surface area (TPSA) is 24.9 Å². The standard InChI is InChI=1S/C18H28N2O2/c1-16-5-2-3-6-18(16)20-9-4-8-19(11-12-20)10-7-17-15-21-13-14-22-17/h2-3,5-6,17H,4,7-15H2,1H3. The molecule has 2 saturated heterocycles. The summed E-state index contributed by atoms with van der Waals surface area (Å²) in [6, 6.07) is 8.72. The summed E-state index contributed by atoms with van der Waals surface area (Å²) in [7, 11) is 0. The fourth-order valence-electron chi connectivity index (χ4n) is 3.38. The molecule has 0 saturated carbocycles. The van der Waals surface area contributed by atoms with Crippen molar-refractivity contribution in [1.82, 2.24) is 4.90 Å². The third kappa shape index (κ3) is 4.22. The number of anilines is 1. The van der Waals surface area contributed by atoms with Gasteiger partial charge in [0.25, 0.3) is 0 Å². The van der Waals surface area contributed by atoms with Crippen LogP contribution in [0.4, 0.5) is 5.69 Å². The summed E-state index contributed by atoms with van der Waals surface area (Å²) in [5.41, 5.74) is 2.78. The Hall–Kier alpha value is -1.10. The maximum absolute atomic E-state index is 5.74. The Bertz CT molecular complexity index is 460. The van der Waals surface area contributed by atoms with Crippen LogP contribution in [0.1, 0.15) is 18.4 Å². The Labute approximate surface area is 134 Å². The Morgan fingerprint density at radius 2 is 2.00 bits per heavy atom. The van der Waals surface area contributed by atoms with Crippen LogP contribution in [0.3, 0.4) is 0 Å². The molecule has 0 spiro atoms. The van der Waals surface area contributed by atoms with Crippen LogP contribution < -0.4 is 4.90 Å². The molecule has 1 atom stereocenters. The second kappa shape index (κ2) is 7.95. The zero-order valence-corrected chi connectivity index (χ0v) is 13.7.